The van der Waals surface area contributed by atoms with Gasteiger partial charge in [-0.2, -0.15) is 0 Å². The molecule has 1 heterocycles. The number of hydrogen-bond donors (Lipinski definition) is 2. The van der Waals surface area contributed by atoms with E-state index in [4.69, 9.17) is 21.8 Å². The van der Waals surface area contributed by atoms with Crippen molar-refractivity contribution in [3.05, 3.63) is 40.4 Å². The number of aliphatic hydroxyl groups is 2. The van der Waals surface area contributed by atoms with Gasteiger partial charge in [0.05, 0.1) is 12.3 Å². The molecule has 0 atom stereocenters. The molecule has 0 saturated heterocycles. The van der Waals surface area contributed by atoms with Crippen LogP contribution in [0.1, 0.15) is 12.1 Å². The summed E-state index contributed by atoms with van der Waals surface area (Å²) in [6.07, 6.45) is 0.703. The van der Waals surface area contributed by atoms with E-state index in [-0.39, 0.29) is 13.2 Å². The summed E-state index contributed by atoms with van der Waals surface area (Å²) in [6, 6.07) is 7.64. The van der Waals surface area contributed by atoms with E-state index in [9.17, 15) is 0 Å². The Morgan fingerprint density at radius 3 is 2.52 bits per heavy atom. The van der Waals surface area contributed by atoms with Crippen molar-refractivity contribution in [1.29, 1.82) is 0 Å². The number of halogens is 1. The first-order valence-electron chi connectivity index (χ1n) is 6.87. The molecule has 0 saturated carbocycles. The van der Waals surface area contributed by atoms with Gasteiger partial charge in [-0.3, -0.25) is 4.90 Å². The number of hydrogen-bond acceptors (Lipinski definition) is 5. The second-order valence-electron chi connectivity index (χ2n) is 4.73. The Morgan fingerprint density at radius 1 is 1.10 bits per heavy atom. The molecule has 0 radical (unpaired) electrons. The highest BCUT2D eigenvalue weighted by atomic mass is 35.5. The van der Waals surface area contributed by atoms with E-state index in [0.29, 0.717) is 24.5 Å². The molecule has 0 spiro atoms. The molecule has 6 heteroatoms. The number of aromatic nitrogens is 1. The van der Waals surface area contributed by atoms with Crippen LogP contribution in [0.4, 0.5) is 0 Å². The minimum Gasteiger partial charge on any atom is -0.396 e. The molecule has 0 aliphatic carbocycles. The minimum atomic E-state index is 0.111. The normalized spacial score (nSPS) is 11.2. The predicted octanol–water partition coefficient (Wildman–Crippen LogP) is 2.64. The molecular formula is C15H19ClN2O2S. The van der Waals surface area contributed by atoms with E-state index in [1.807, 2.05) is 29.6 Å². The fourth-order valence-corrected chi connectivity index (χ4v) is 2.98. The van der Waals surface area contributed by atoms with Crippen LogP contribution in [0.3, 0.4) is 0 Å². The summed E-state index contributed by atoms with van der Waals surface area (Å²) in [7, 11) is 0. The van der Waals surface area contributed by atoms with Crippen molar-refractivity contribution in [2.75, 3.05) is 26.3 Å². The molecule has 0 amide bonds. The van der Waals surface area contributed by atoms with Gasteiger partial charge in [0.1, 0.15) is 5.01 Å². The summed E-state index contributed by atoms with van der Waals surface area (Å²) in [5, 5.41) is 21.7. The third kappa shape index (κ3) is 5.05. The zero-order valence-electron chi connectivity index (χ0n) is 11.7. The van der Waals surface area contributed by atoms with Crippen LogP contribution in [0.2, 0.25) is 5.02 Å². The van der Waals surface area contributed by atoms with Gasteiger partial charge in [0, 0.05) is 42.2 Å². The Kier molecular flexibility index (Phi) is 6.60. The Labute approximate surface area is 133 Å². The van der Waals surface area contributed by atoms with E-state index >= 15 is 0 Å². The maximum Gasteiger partial charge on any atom is 0.123 e. The van der Waals surface area contributed by atoms with Gasteiger partial charge in [-0.05, 0) is 18.6 Å². The van der Waals surface area contributed by atoms with Crippen LogP contribution in [0.5, 0.6) is 0 Å². The van der Waals surface area contributed by atoms with Crippen molar-refractivity contribution in [3.63, 3.8) is 0 Å². The first-order chi connectivity index (χ1) is 10.2. The highest BCUT2D eigenvalue weighted by Gasteiger charge is 2.09. The van der Waals surface area contributed by atoms with E-state index < -0.39 is 0 Å². The van der Waals surface area contributed by atoms with Crippen molar-refractivity contribution in [3.8, 4) is 10.6 Å². The number of thiazole rings is 1. The van der Waals surface area contributed by atoms with Crippen molar-refractivity contribution >= 4 is 22.9 Å². The monoisotopic (exact) mass is 326 g/mol. The average Bonchev–Trinajstić information content (AvgIpc) is 2.94. The smallest absolute Gasteiger partial charge is 0.123 e. The molecule has 0 bridgehead atoms. The van der Waals surface area contributed by atoms with Crippen molar-refractivity contribution in [2.45, 2.75) is 13.0 Å². The Bertz CT molecular complexity index is 545. The quantitative estimate of drug-likeness (QED) is 0.783. The third-order valence-electron chi connectivity index (χ3n) is 3.08. The van der Waals surface area contributed by atoms with Crippen LogP contribution >= 0.6 is 22.9 Å². The molecule has 21 heavy (non-hydrogen) atoms. The molecule has 0 aliphatic heterocycles. The van der Waals surface area contributed by atoms with Crippen LogP contribution in [0.15, 0.2) is 29.6 Å². The second-order valence-corrected chi connectivity index (χ2v) is 6.02. The standard InChI is InChI=1S/C15H19ClN2O2S/c16-13-4-2-12(3-5-13)15-17-14(11-21-15)10-18(7-9-20)6-1-8-19/h2-5,11,19-20H,1,6-10H2. The molecule has 1 aromatic carbocycles. The molecule has 0 fully saturated rings. The number of rotatable bonds is 8. The lowest BCUT2D eigenvalue weighted by molar-refractivity contribution is 0.173. The van der Waals surface area contributed by atoms with Gasteiger partial charge >= 0.3 is 0 Å². The maximum absolute atomic E-state index is 9.09. The highest BCUT2D eigenvalue weighted by molar-refractivity contribution is 7.13. The fourth-order valence-electron chi connectivity index (χ4n) is 2.04. The number of nitrogens with zero attached hydrogens (tertiary/aromatic N) is 2. The molecular weight excluding hydrogens is 308 g/mol. The van der Waals surface area contributed by atoms with Crippen LogP contribution in [-0.4, -0.2) is 46.4 Å². The van der Waals surface area contributed by atoms with Crippen molar-refractivity contribution in [2.24, 2.45) is 0 Å². The fraction of sp³-hybridized carbons (Fsp3) is 0.400. The third-order valence-corrected chi connectivity index (χ3v) is 4.27. The summed E-state index contributed by atoms with van der Waals surface area (Å²) < 4.78 is 0. The molecule has 0 aliphatic rings. The van der Waals surface area contributed by atoms with Crippen molar-refractivity contribution in [1.82, 2.24) is 9.88 Å². The van der Waals surface area contributed by atoms with Crippen LogP contribution in [0, 0.1) is 0 Å². The first kappa shape index (κ1) is 16.4. The van der Waals surface area contributed by atoms with Crippen LogP contribution in [0.25, 0.3) is 10.6 Å². The Balaban J connectivity index is 2.02. The van der Waals surface area contributed by atoms with E-state index in [1.165, 1.54) is 0 Å². The van der Waals surface area contributed by atoms with Gasteiger partial charge in [-0.15, -0.1) is 11.3 Å². The predicted molar refractivity (Wildman–Crippen MR) is 86.6 cm³/mol. The first-order valence-corrected chi connectivity index (χ1v) is 8.13. The zero-order chi connectivity index (χ0) is 15.1. The molecule has 2 rings (SSSR count). The summed E-state index contributed by atoms with van der Waals surface area (Å²) in [5.74, 6) is 0. The molecule has 4 nitrogen and oxygen atoms in total. The SMILES string of the molecule is OCCCN(CCO)Cc1csc(-c2ccc(Cl)cc2)n1. The highest BCUT2D eigenvalue weighted by Crippen LogP contribution is 2.25. The van der Waals surface area contributed by atoms with Crippen molar-refractivity contribution < 1.29 is 10.2 Å². The topological polar surface area (TPSA) is 56.6 Å². The lowest BCUT2D eigenvalue weighted by Gasteiger charge is -2.19. The summed E-state index contributed by atoms with van der Waals surface area (Å²) in [6.45, 7) is 2.30. The van der Waals surface area contributed by atoms with Gasteiger partial charge < -0.3 is 10.2 Å². The number of aliphatic hydroxyl groups excluding tert-OH is 2. The Hall–Kier alpha value is -0.980. The summed E-state index contributed by atoms with van der Waals surface area (Å²) in [5.41, 5.74) is 2.04. The lowest BCUT2D eigenvalue weighted by atomic mass is 10.2. The second kappa shape index (κ2) is 8.46. The summed E-state index contributed by atoms with van der Waals surface area (Å²) in [4.78, 5) is 6.72. The van der Waals surface area contributed by atoms with Gasteiger partial charge in [0.2, 0.25) is 0 Å². The lowest BCUT2D eigenvalue weighted by Crippen LogP contribution is -2.28. The molecule has 2 N–H and O–H groups in total. The van der Waals surface area contributed by atoms with E-state index in [2.05, 4.69) is 9.88 Å². The Morgan fingerprint density at radius 2 is 1.86 bits per heavy atom. The van der Waals surface area contributed by atoms with Gasteiger partial charge in [0.15, 0.2) is 0 Å². The summed E-state index contributed by atoms with van der Waals surface area (Å²) >= 11 is 7.49. The van der Waals surface area contributed by atoms with E-state index in [1.54, 1.807) is 11.3 Å². The minimum absolute atomic E-state index is 0.111. The van der Waals surface area contributed by atoms with Crippen LogP contribution < -0.4 is 0 Å². The maximum atomic E-state index is 9.09. The molecule has 2 aromatic rings. The number of benzene rings is 1. The van der Waals surface area contributed by atoms with E-state index in [0.717, 1.165) is 22.8 Å². The largest absolute Gasteiger partial charge is 0.396 e. The van der Waals surface area contributed by atoms with Gasteiger partial charge in [0.25, 0.3) is 0 Å². The zero-order valence-corrected chi connectivity index (χ0v) is 13.3. The van der Waals surface area contributed by atoms with Crippen LogP contribution in [-0.2, 0) is 6.54 Å². The average molecular weight is 327 g/mol. The van der Waals surface area contributed by atoms with Gasteiger partial charge in [-0.1, -0.05) is 23.7 Å². The molecule has 114 valence electrons. The molecule has 1 aromatic heterocycles. The van der Waals surface area contributed by atoms with Gasteiger partial charge in [-0.25, -0.2) is 4.98 Å². The molecule has 0 unspecified atom stereocenters.